The maximum atomic E-state index is 13.5. The van der Waals surface area contributed by atoms with Gasteiger partial charge in [-0.15, -0.1) is 12.4 Å². The summed E-state index contributed by atoms with van der Waals surface area (Å²) in [5, 5.41) is 2.95. The molecule has 19 heavy (non-hydrogen) atoms. The third kappa shape index (κ3) is 3.05. The van der Waals surface area contributed by atoms with Gasteiger partial charge < -0.3 is 5.32 Å². The standard InChI is InChI=1S/C11H14F2N2O2S.ClH/c1-14-8-5-6-15(7-8)18(16,17)11-9(12)3-2-4-10(11)13;/h2-4,8,14H,5-7H2,1H3;1H. The van der Waals surface area contributed by atoms with E-state index >= 15 is 0 Å². The first-order valence-corrected chi connectivity index (χ1v) is 7.02. The van der Waals surface area contributed by atoms with Gasteiger partial charge in [-0.2, -0.15) is 4.31 Å². The Labute approximate surface area is 117 Å². The van der Waals surface area contributed by atoms with Crippen molar-refractivity contribution in [2.24, 2.45) is 0 Å². The van der Waals surface area contributed by atoms with Crippen LogP contribution < -0.4 is 5.32 Å². The van der Waals surface area contributed by atoms with E-state index in [9.17, 15) is 17.2 Å². The number of rotatable bonds is 3. The van der Waals surface area contributed by atoms with Crippen LogP contribution in [0.25, 0.3) is 0 Å². The van der Waals surface area contributed by atoms with Crippen molar-refractivity contribution in [1.29, 1.82) is 0 Å². The molecule has 1 N–H and O–H groups in total. The summed E-state index contributed by atoms with van der Waals surface area (Å²) in [5.74, 6) is -2.11. The molecule has 0 radical (unpaired) electrons. The molecule has 1 aliphatic heterocycles. The minimum atomic E-state index is -4.10. The Bertz CT molecular complexity index is 533. The van der Waals surface area contributed by atoms with Gasteiger partial charge >= 0.3 is 0 Å². The maximum absolute atomic E-state index is 13.5. The summed E-state index contributed by atoms with van der Waals surface area (Å²) in [5.41, 5.74) is 0. The lowest BCUT2D eigenvalue weighted by Crippen LogP contribution is -2.34. The van der Waals surface area contributed by atoms with Gasteiger partial charge in [0.2, 0.25) is 10.0 Å². The number of nitrogens with zero attached hydrogens (tertiary/aromatic N) is 1. The molecule has 0 saturated carbocycles. The molecule has 0 spiro atoms. The molecule has 1 saturated heterocycles. The average molecular weight is 313 g/mol. The second kappa shape index (κ2) is 6.13. The summed E-state index contributed by atoms with van der Waals surface area (Å²) in [7, 11) is -2.37. The fourth-order valence-electron chi connectivity index (χ4n) is 2.04. The van der Waals surface area contributed by atoms with Crippen LogP contribution in [0.2, 0.25) is 0 Å². The van der Waals surface area contributed by atoms with E-state index < -0.39 is 26.6 Å². The van der Waals surface area contributed by atoms with E-state index in [2.05, 4.69) is 5.32 Å². The van der Waals surface area contributed by atoms with Gasteiger partial charge in [-0.3, -0.25) is 0 Å². The van der Waals surface area contributed by atoms with Crippen molar-refractivity contribution in [3.8, 4) is 0 Å². The molecule has 1 unspecified atom stereocenters. The molecule has 2 rings (SSSR count). The average Bonchev–Trinajstić information content (AvgIpc) is 2.77. The largest absolute Gasteiger partial charge is 0.316 e. The summed E-state index contributed by atoms with van der Waals surface area (Å²) in [6.07, 6.45) is 0.631. The lowest BCUT2D eigenvalue weighted by Gasteiger charge is -2.17. The number of sulfonamides is 1. The van der Waals surface area contributed by atoms with Crippen molar-refractivity contribution >= 4 is 22.4 Å². The summed E-state index contributed by atoms with van der Waals surface area (Å²) < 4.78 is 52.5. The van der Waals surface area contributed by atoms with Gasteiger partial charge in [0.15, 0.2) is 4.90 Å². The minimum absolute atomic E-state index is 0. The van der Waals surface area contributed by atoms with Gasteiger partial charge in [0.05, 0.1) is 0 Å². The minimum Gasteiger partial charge on any atom is -0.316 e. The Morgan fingerprint density at radius 3 is 2.37 bits per heavy atom. The second-order valence-electron chi connectivity index (χ2n) is 4.19. The molecule has 1 heterocycles. The van der Waals surface area contributed by atoms with E-state index in [1.165, 1.54) is 0 Å². The predicted octanol–water partition coefficient (Wildman–Crippen LogP) is 1.37. The van der Waals surface area contributed by atoms with Crippen LogP contribution in [0.3, 0.4) is 0 Å². The van der Waals surface area contributed by atoms with Crippen LogP contribution in [0.5, 0.6) is 0 Å². The summed E-state index contributed by atoms with van der Waals surface area (Å²) in [6, 6.07) is 3.06. The highest BCUT2D eigenvalue weighted by Crippen LogP contribution is 2.25. The topological polar surface area (TPSA) is 49.4 Å². The molecule has 8 heteroatoms. The van der Waals surface area contributed by atoms with Crippen LogP contribution in [0.4, 0.5) is 8.78 Å². The van der Waals surface area contributed by atoms with Gasteiger partial charge in [-0.25, -0.2) is 17.2 Å². The van der Waals surface area contributed by atoms with Crippen molar-refractivity contribution in [2.75, 3.05) is 20.1 Å². The molecule has 1 aliphatic rings. The van der Waals surface area contributed by atoms with E-state index in [0.29, 0.717) is 6.42 Å². The molecule has 1 atom stereocenters. The second-order valence-corrected chi connectivity index (χ2v) is 6.06. The highest BCUT2D eigenvalue weighted by Gasteiger charge is 2.35. The third-order valence-corrected chi connectivity index (χ3v) is 4.99. The number of hydrogen-bond donors (Lipinski definition) is 1. The molecule has 4 nitrogen and oxygen atoms in total. The zero-order valence-corrected chi connectivity index (χ0v) is 11.9. The summed E-state index contributed by atoms with van der Waals surface area (Å²) in [6.45, 7) is 0.494. The van der Waals surface area contributed by atoms with Crippen LogP contribution in [0.15, 0.2) is 23.1 Å². The number of hydrogen-bond acceptors (Lipinski definition) is 3. The monoisotopic (exact) mass is 312 g/mol. The fraction of sp³-hybridized carbons (Fsp3) is 0.455. The summed E-state index contributed by atoms with van der Waals surface area (Å²) in [4.78, 5) is -0.859. The molecular weight excluding hydrogens is 298 g/mol. The highest BCUT2D eigenvalue weighted by molar-refractivity contribution is 7.89. The lowest BCUT2D eigenvalue weighted by molar-refractivity contribution is 0.447. The quantitative estimate of drug-likeness (QED) is 0.917. The van der Waals surface area contributed by atoms with Crippen LogP contribution >= 0.6 is 12.4 Å². The zero-order chi connectivity index (χ0) is 13.3. The number of halogens is 3. The Balaban J connectivity index is 0.00000180. The van der Waals surface area contributed by atoms with Crippen molar-refractivity contribution in [3.05, 3.63) is 29.8 Å². The first-order valence-electron chi connectivity index (χ1n) is 5.58. The molecule has 108 valence electrons. The van der Waals surface area contributed by atoms with Crippen LogP contribution in [0, 0.1) is 11.6 Å². The van der Waals surface area contributed by atoms with Gasteiger partial charge in [-0.1, -0.05) is 6.07 Å². The van der Waals surface area contributed by atoms with Gasteiger partial charge in [0.1, 0.15) is 11.6 Å². The first kappa shape index (κ1) is 16.3. The van der Waals surface area contributed by atoms with Crippen molar-refractivity contribution in [2.45, 2.75) is 17.4 Å². The van der Waals surface area contributed by atoms with E-state index in [1.807, 2.05) is 0 Å². The molecular formula is C11H15ClF2N2O2S. The first-order chi connectivity index (χ1) is 8.46. The predicted molar refractivity (Wildman–Crippen MR) is 69.8 cm³/mol. The molecule has 0 aromatic heterocycles. The van der Waals surface area contributed by atoms with Crippen LogP contribution in [-0.2, 0) is 10.0 Å². The van der Waals surface area contributed by atoms with Gasteiger partial charge in [-0.05, 0) is 25.6 Å². The lowest BCUT2D eigenvalue weighted by atomic mass is 10.3. The number of nitrogens with one attached hydrogen (secondary N) is 1. The number of benzene rings is 1. The Morgan fingerprint density at radius 2 is 1.89 bits per heavy atom. The van der Waals surface area contributed by atoms with Gasteiger partial charge in [0, 0.05) is 19.1 Å². The smallest absolute Gasteiger partial charge is 0.248 e. The molecule has 0 aliphatic carbocycles. The zero-order valence-electron chi connectivity index (χ0n) is 10.3. The molecule has 1 fully saturated rings. The van der Waals surface area contributed by atoms with Crippen molar-refractivity contribution in [3.63, 3.8) is 0 Å². The SMILES string of the molecule is CNC1CCN(S(=O)(=O)c2c(F)cccc2F)C1.Cl. The normalized spacial score (nSPS) is 20.3. The fourth-order valence-corrected chi connectivity index (χ4v) is 3.65. The van der Waals surface area contributed by atoms with E-state index in [1.54, 1.807) is 7.05 Å². The Morgan fingerprint density at radius 1 is 1.32 bits per heavy atom. The van der Waals surface area contributed by atoms with E-state index in [4.69, 9.17) is 0 Å². The molecule has 1 aromatic rings. The number of likely N-dealkylation sites (N-methyl/N-ethyl adjacent to an activating group) is 1. The van der Waals surface area contributed by atoms with E-state index in [0.717, 1.165) is 22.5 Å². The molecule has 1 aromatic carbocycles. The highest BCUT2D eigenvalue weighted by atomic mass is 35.5. The Kier molecular flexibility index (Phi) is 5.26. The third-order valence-electron chi connectivity index (χ3n) is 3.08. The summed E-state index contributed by atoms with van der Waals surface area (Å²) >= 11 is 0. The van der Waals surface area contributed by atoms with Gasteiger partial charge in [0.25, 0.3) is 0 Å². The maximum Gasteiger partial charge on any atom is 0.248 e. The molecule has 0 bridgehead atoms. The van der Waals surface area contributed by atoms with Crippen LogP contribution in [0.1, 0.15) is 6.42 Å². The van der Waals surface area contributed by atoms with Crippen molar-refractivity contribution in [1.82, 2.24) is 9.62 Å². The molecule has 0 amide bonds. The van der Waals surface area contributed by atoms with E-state index in [-0.39, 0.29) is 31.5 Å². The van der Waals surface area contributed by atoms with Crippen molar-refractivity contribution < 1.29 is 17.2 Å². The van der Waals surface area contributed by atoms with Crippen LogP contribution in [-0.4, -0.2) is 38.9 Å². The Hall–Kier alpha value is -0.760.